The minimum Gasteiger partial charge on any atom is -0.247 e. The van der Waals surface area contributed by atoms with Gasteiger partial charge < -0.3 is 0 Å². The first-order valence-corrected chi connectivity index (χ1v) is 6.80. The van der Waals surface area contributed by atoms with Gasteiger partial charge in [-0.05, 0) is 11.4 Å². The van der Waals surface area contributed by atoms with Crippen LogP contribution in [0.25, 0.3) is 22.5 Å². The van der Waals surface area contributed by atoms with E-state index in [-0.39, 0.29) is 0 Å². The third-order valence-corrected chi connectivity index (χ3v) is 3.51. The zero-order chi connectivity index (χ0) is 13.1. The fourth-order valence-corrected chi connectivity index (χ4v) is 2.39. The molecule has 1 unspecified atom stereocenters. The van der Waals surface area contributed by atoms with Gasteiger partial charge in [0.15, 0.2) is 0 Å². The summed E-state index contributed by atoms with van der Waals surface area (Å²) in [5.41, 5.74) is 4.31. The van der Waals surface area contributed by atoms with E-state index in [1.165, 1.54) is 0 Å². The lowest BCUT2D eigenvalue weighted by Gasteiger charge is -2.08. The maximum absolute atomic E-state index is 4.79. The molecule has 0 saturated carbocycles. The first-order valence-electron chi connectivity index (χ1n) is 6.22. The number of rotatable bonds is 2. The van der Waals surface area contributed by atoms with Gasteiger partial charge in [-0.1, -0.05) is 66.7 Å². The molecule has 0 fully saturated rings. The Hall–Kier alpha value is -1.98. The van der Waals surface area contributed by atoms with Gasteiger partial charge in [0.1, 0.15) is 0 Å². The Morgan fingerprint density at radius 3 is 1.84 bits per heavy atom. The molecule has 0 aliphatic heterocycles. The van der Waals surface area contributed by atoms with Gasteiger partial charge >= 0.3 is 0 Å². The van der Waals surface area contributed by atoms with Gasteiger partial charge in [-0.25, -0.2) is 4.98 Å². The Bertz CT molecular complexity index is 678. The van der Waals surface area contributed by atoms with Crippen LogP contribution in [0.15, 0.2) is 72.8 Å². The highest BCUT2D eigenvalue weighted by Crippen LogP contribution is 2.22. The monoisotopic (exact) mass is 263 g/mol. The molecule has 92 valence electrons. The molecule has 3 aromatic rings. The molecule has 2 heteroatoms. The first kappa shape index (κ1) is 12.1. The van der Waals surface area contributed by atoms with Crippen LogP contribution in [0.1, 0.15) is 0 Å². The summed E-state index contributed by atoms with van der Waals surface area (Å²) < 4.78 is 0. The second kappa shape index (κ2) is 5.34. The van der Waals surface area contributed by atoms with Crippen molar-refractivity contribution in [2.24, 2.45) is 0 Å². The molecule has 1 heterocycles. The Labute approximate surface area is 115 Å². The van der Waals surface area contributed by atoms with E-state index in [9.17, 15) is 0 Å². The number of hydrogen-bond donors (Lipinski definition) is 0. The highest BCUT2D eigenvalue weighted by atomic mass is 31.0. The molecule has 0 N–H and O–H groups in total. The van der Waals surface area contributed by atoms with Gasteiger partial charge in [-0.3, -0.25) is 0 Å². The van der Waals surface area contributed by atoms with Crippen molar-refractivity contribution < 1.29 is 0 Å². The smallest absolute Gasteiger partial charge is 0.0780 e. The van der Waals surface area contributed by atoms with Gasteiger partial charge in [-0.15, -0.1) is 9.24 Å². The van der Waals surface area contributed by atoms with E-state index in [1.54, 1.807) is 0 Å². The maximum Gasteiger partial charge on any atom is 0.0780 e. The summed E-state index contributed by atoms with van der Waals surface area (Å²) in [5.74, 6) is 0. The van der Waals surface area contributed by atoms with E-state index in [1.807, 2.05) is 36.4 Å². The van der Waals surface area contributed by atoms with Crippen LogP contribution in [0.3, 0.4) is 0 Å². The van der Waals surface area contributed by atoms with Crippen LogP contribution in [-0.4, -0.2) is 4.98 Å². The lowest BCUT2D eigenvalue weighted by molar-refractivity contribution is 1.34. The van der Waals surface area contributed by atoms with Crippen molar-refractivity contribution in [3.05, 3.63) is 72.8 Å². The summed E-state index contributed by atoms with van der Waals surface area (Å²) >= 11 is 0. The molecule has 0 saturated heterocycles. The van der Waals surface area contributed by atoms with E-state index in [2.05, 4.69) is 45.6 Å². The SMILES string of the molecule is Pc1ccc(-c2ccccc2)nc1-c1ccccc1. The fraction of sp³-hybridized carbons (Fsp3) is 0. The second-order valence-electron chi connectivity index (χ2n) is 4.37. The molecule has 0 bridgehead atoms. The van der Waals surface area contributed by atoms with Gasteiger partial charge in [0.05, 0.1) is 11.4 Å². The third-order valence-electron chi connectivity index (χ3n) is 3.04. The van der Waals surface area contributed by atoms with Gasteiger partial charge in [-0.2, -0.15) is 0 Å². The molecule has 1 nitrogen and oxygen atoms in total. The second-order valence-corrected chi connectivity index (χ2v) is 4.99. The molecule has 0 aliphatic carbocycles. The average Bonchev–Trinajstić information content (AvgIpc) is 2.49. The predicted molar refractivity (Wildman–Crippen MR) is 84.5 cm³/mol. The van der Waals surface area contributed by atoms with Crippen molar-refractivity contribution in [3.8, 4) is 22.5 Å². The topological polar surface area (TPSA) is 12.9 Å². The number of benzene rings is 2. The van der Waals surface area contributed by atoms with Crippen molar-refractivity contribution in [1.82, 2.24) is 4.98 Å². The van der Waals surface area contributed by atoms with Gasteiger partial charge in [0.25, 0.3) is 0 Å². The molecular formula is C17H14NP. The van der Waals surface area contributed by atoms with Crippen molar-refractivity contribution >= 4 is 14.5 Å². The lowest BCUT2D eigenvalue weighted by Crippen LogP contribution is -2.01. The quantitative estimate of drug-likeness (QED) is 0.639. The largest absolute Gasteiger partial charge is 0.247 e. The normalized spacial score (nSPS) is 10.4. The van der Waals surface area contributed by atoms with Gasteiger partial charge in [0.2, 0.25) is 0 Å². The summed E-state index contributed by atoms with van der Waals surface area (Å²) in [6, 6.07) is 24.7. The Morgan fingerprint density at radius 2 is 1.21 bits per heavy atom. The maximum atomic E-state index is 4.79. The molecule has 0 aliphatic rings. The highest BCUT2D eigenvalue weighted by molar-refractivity contribution is 7.27. The van der Waals surface area contributed by atoms with Crippen LogP contribution in [-0.2, 0) is 0 Å². The summed E-state index contributed by atoms with van der Waals surface area (Å²) in [5, 5.41) is 1.12. The molecule has 0 spiro atoms. The van der Waals surface area contributed by atoms with Crippen molar-refractivity contribution in [2.75, 3.05) is 0 Å². The predicted octanol–water partition coefficient (Wildman–Crippen LogP) is 3.92. The fourth-order valence-electron chi connectivity index (χ4n) is 2.07. The van der Waals surface area contributed by atoms with E-state index >= 15 is 0 Å². The van der Waals surface area contributed by atoms with E-state index in [0.29, 0.717) is 0 Å². The van der Waals surface area contributed by atoms with E-state index in [4.69, 9.17) is 4.98 Å². The van der Waals surface area contributed by atoms with Crippen LogP contribution >= 0.6 is 9.24 Å². The van der Waals surface area contributed by atoms with E-state index in [0.717, 1.165) is 27.8 Å². The van der Waals surface area contributed by atoms with Crippen molar-refractivity contribution in [3.63, 3.8) is 0 Å². The lowest BCUT2D eigenvalue weighted by atomic mass is 10.1. The molecule has 0 radical (unpaired) electrons. The summed E-state index contributed by atoms with van der Waals surface area (Å²) in [6.07, 6.45) is 0. The summed E-state index contributed by atoms with van der Waals surface area (Å²) in [7, 11) is 2.76. The third kappa shape index (κ3) is 2.57. The Morgan fingerprint density at radius 1 is 0.632 bits per heavy atom. The standard InChI is InChI=1S/C17H14NP/c19-16-12-11-15(13-7-3-1-4-8-13)18-17(16)14-9-5-2-6-10-14/h1-12H,19H2. The minimum absolute atomic E-state index is 1.01. The molecule has 2 aromatic carbocycles. The van der Waals surface area contributed by atoms with Crippen LogP contribution in [0.2, 0.25) is 0 Å². The molecule has 19 heavy (non-hydrogen) atoms. The van der Waals surface area contributed by atoms with Crippen molar-refractivity contribution in [1.29, 1.82) is 0 Å². The van der Waals surface area contributed by atoms with Crippen molar-refractivity contribution in [2.45, 2.75) is 0 Å². The molecule has 0 amide bonds. The first-order chi connectivity index (χ1) is 9.34. The Balaban J connectivity index is 2.12. The number of nitrogens with zero attached hydrogens (tertiary/aromatic N) is 1. The van der Waals surface area contributed by atoms with Crippen LogP contribution < -0.4 is 5.30 Å². The molecular weight excluding hydrogens is 249 g/mol. The highest BCUT2D eigenvalue weighted by Gasteiger charge is 2.06. The average molecular weight is 263 g/mol. The van der Waals surface area contributed by atoms with Crippen LogP contribution in [0.5, 0.6) is 0 Å². The van der Waals surface area contributed by atoms with Gasteiger partial charge in [0, 0.05) is 11.1 Å². The van der Waals surface area contributed by atoms with E-state index < -0.39 is 0 Å². The van der Waals surface area contributed by atoms with Crippen LogP contribution in [0.4, 0.5) is 0 Å². The number of pyridine rings is 1. The zero-order valence-electron chi connectivity index (χ0n) is 10.5. The summed E-state index contributed by atoms with van der Waals surface area (Å²) in [6.45, 7) is 0. The number of aromatic nitrogens is 1. The summed E-state index contributed by atoms with van der Waals surface area (Å²) in [4.78, 5) is 4.79. The number of hydrogen-bond acceptors (Lipinski definition) is 1. The molecule has 1 aromatic heterocycles. The van der Waals surface area contributed by atoms with Crippen LogP contribution in [0, 0.1) is 0 Å². The molecule has 1 atom stereocenters. The molecule has 3 rings (SSSR count). The minimum atomic E-state index is 1.01. The Kier molecular flexibility index (Phi) is 3.39. The zero-order valence-corrected chi connectivity index (χ0v) is 11.6.